The van der Waals surface area contributed by atoms with Crippen molar-refractivity contribution >= 4 is 44.9 Å². The van der Waals surface area contributed by atoms with E-state index in [0.717, 1.165) is 23.1 Å². The van der Waals surface area contributed by atoms with Gasteiger partial charge in [0.15, 0.2) is 0 Å². The van der Waals surface area contributed by atoms with E-state index in [2.05, 4.69) is 26.3 Å². The van der Waals surface area contributed by atoms with Crippen molar-refractivity contribution in [3.63, 3.8) is 0 Å². The lowest BCUT2D eigenvalue weighted by atomic mass is 10.2. The van der Waals surface area contributed by atoms with Crippen molar-refractivity contribution in [1.29, 1.82) is 0 Å². The van der Waals surface area contributed by atoms with E-state index in [1.54, 1.807) is 14.8 Å². The molecule has 8 heteroatoms. The second-order valence-electron chi connectivity index (χ2n) is 7.21. The number of rotatable bonds is 5. The predicted octanol–water partition coefficient (Wildman–Crippen LogP) is 3.67. The normalized spacial score (nSPS) is 15.9. The Morgan fingerprint density at radius 2 is 1.76 bits per heavy atom. The molecule has 1 saturated heterocycles. The summed E-state index contributed by atoms with van der Waals surface area (Å²) in [7, 11) is 4.00. The summed E-state index contributed by atoms with van der Waals surface area (Å²) < 4.78 is 0.830. The number of benzene rings is 2. The van der Waals surface area contributed by atoms with E-state index in [0.29, 0.717) is 23.7 Å². The van der Waals surface area contributed by atoms with Crippen molar-refractivity contribution in [2.24, 2.45) is 0 Å². The SMILES string of the molecule is CN(C)CCCN1NC2=CC(=O)N(c3ccccc3)c3cc(Br)ccc3N2C1=O. The number of carbonyl (C=O) groups is 2. The maximum Gasteiger partial charge on any atom is 0.349 e. The molecular formula is C21H22BrN5O2. The number of fused-ring (bicyclic) bond motifs is 3. The van der Waals surface area contributed by atoms with E-state index in [1.807, 2.05) is 62.6 Å². The van der Waals surface area contributed by atoms with Crippen LogP contribution in [-0.4, -0.2) is 49.0 Å². The zero-order valence-corrected chi connectivity index (χ0v) is 17.9. The van der Waals surface area contributed by atoms with Gasteiger partial charge in [-0.3, -0.25) is 15.1 Å². The number of carbonyl (C=O) groups excluding carboxylic acids is 2. The van der Waals surface area contributed by atoms with Crippen molar-refractivity contribution in [2.75, 3.05) is 37.0 Å². The van der Waals surface area contributed by atoms with Crippen LogP contribution >= 0.6 is 15.9 Å². The van der Waals surface area contributed by atoms with Crippen LogP contribution in [0, 0.1) is 0 Å². The lowest BCUT2D eigenvalue weighted by molar-refractivity contribution is -0.113. The van der Waals surface area contributed by atoms with Crippen molar-refractivity contribution in [3.8, 4) is 0 Å². The average Bonchev–Trinajstić information content (AvgIpc) is 2.91. The minimum absolute atomic E-state index is 0.193. The second kappa shape index (κ2) is 7.88. The standard InChI is InChI=1S/C21H22BrN5O2/c1-24(2)11-6-12-25-21(29)27-17-10-9-15(22)13-18(17)26(16-7-4-3-5-8-16)20(28)14-19(27)23-25/h3-5,7-10,13-14,23H,6,11-12H2,1-2H3. The predicted molar refractivity (Wildman–Crippen MR) is 117 cm³/mol. The van der Waals surface area contributed by atoms with Crippen LogP contribution in [0.15, 0.2) is 64.9 Å². The van der Waals surface area contributed by atoms with Gasteiger partial charge in [-0.1, -0.05) is 34.1 Å². The molecule has 1 N–H and O–H groups in total. The molecule has 29 heavy (non-hydrogen) atoms. The fourth-order valence-corrected chi connectivity index (χ4v) is 3.84. The average molecular weight is 456 g/mol. The van der Waals surface area contributed by atoms with E-state index in [-0.39, 0.29) is 11.9 Å². The summed E-state index contributed by atoms with van der Waals surface area (Å²) in [6.07, 6.45) is 2.30. The van der Waals surface area contributed by atoms with Gasteiger partial charge in [0.25, 0.3) is 5.91 Å². The zero-order chi connectivity index (χ0) is 20.5. The van der Waals surface area contributed by atoms with Gasteiger partial charge >= 0.3 is 6.03 Å². The number of halogens is 1. The summed E-state index contributed by atoms with van der Waals surface area (Å²) >= 11 is 3.49. The van der Waals surface area contributed by atoms with Crippen molar-refractivity contribution < 1.29 is 9.59 Å². The minimum Gasteiger partial charge on any atom is -0.309 e. The highest BCUT2D eigenvalue weighted by Crippen LogP contribution is 2.41. The first-order valence-electron chi connectivity index (χ1n) is 9.39. The number of para-hydroxylation sites is 1. The molecule has 4 rings (SSSR count). The third-order valence-corrected chi connectivity index (χ3v) is 5.31. The molecule has 2 aromatic rings. The fourth-order valence-electron chi connectivity index (χ4n) is 3.49. The molecule has 0 atom stereocenters. The number of hydrazine groups is 1. The Morgan fingerprint density at radius 1 is 1.00 bits per heavy atom. The first kappa shape index (κ1) is 19.5. The molecule has 3 amide bonds. The van der Waals surface area contributed by atoms with Crippen molar-refractivity contribution in [3.05, 3.63) is 64.9 Å². The quantitative estimate of drug-likeness (QED) is 0.746. The summed E-state index contributed by atoms with van der Waals surface area (Å²) in [5.74, 6) is 0.246. The molecule has 1 fully saturated rings. The third kappa shape index (κ3) is 3.73. The second-order valence-corrected chi connectivity index (χ2v) is 8.13. The van der Waals surface area contributed by atoms with Gasteiger partial charge in [0.1, 0.15) is 5.82 Å². The molecule has 2 aliphatic heterocycles. The van der Waals surface area contributed by atoms with Gasteiger partial charge in [-0.2, -0.15) is 0 Å². The molecule has 0 unspecified atom stereocenters. The maximum absolute atomic E-state index is 13.2. The van der Waals surface area contributed by atoms with Gasteiger partial charge in [-0.05, 0) is 57.4 Å². The molecule has 2 heterocycles. The van der Waals surface area contributed by atoms with Crippen LogP contribution in [0.3, 0.4) is 0 Å². The highest BCUT2D eigenvalue weighted by molar-refractivity contribution is 9.10. The highest BCUT2D eigenvalue weighted by atomic mass is 79.9. The van der Waals surface area contributed by atoms with Crippen LogP contribution in [0.5, 0.6) is 0 Å². The molecule has 2 aromatic carbocycles. The van der Waals surface area contributed by atoms with Gasteiger partial charge < -0.3 is 4.90 Å². The summed E-state index contributed by atoms with van der Waals surface area (Å²) in [6.45, 7) is 1.42. The molecule has 2 aliphatic rings. The molecular weight excluding hydrogens is 434 g/mol. The van der Waals surface area contributed by atoms with Crippen LogP contribution in [0.1, 0.15) is 6.42 Å². The van der Waals surface area contributed by atoms with Crippen LogP contribution in [0.2, 0.25) is 0 Å². The van der Waals surface area contributed by atoms with Gasteiger partial charge in [0, 0.05) is 22.8 Å². The number of urea groups is 1. The zero-order valence-electron chi connectivity index (χ0n) is 16.3. The van der Waals surface area contributed by atoms with Crippen LogP contribution < -0.4 is 15.2 Å². The first-order chi connectivity index (χ1) is 14.0. The lowest BCUT2D eigenvalue weighted by Gasteiger charge is -2.25. The van der Waals surface area contributed by atoms with Crippen molar-refractivity contribution in [2.45, 2.75) is 6.42 Å². The van der Waals surface area contributed by atoms with Crippen LogP contribution in [-0.2, 0) is 4.79 Å². The number of hydrogen-bond acceptors (Lipinski definition) is 4. The number of anilines is 3. The summed E-state index contributed by atoms with van der Waals surface area (Å²) in [5.41, 5.74) is 5.15. The Kier molecular flexibility index (Phi) is 5.29. The Hall–Kier alpha value is -2.84. The summed E-state index contributed by atoms with van der Waals surface area (Å²) in [6, 6.07) is 14.8. The molecule has 7 nitrogen and oxygen atoms in total. The molecule has 0 saturated carbocycles. The lowest BCUT2D eigenvalue weighted by Crippen LogP contribution is -2.37. The molecule has 150 valence electrons. The number of hydrogen-bond donors (Lipinski definition) is 1. The smallest absolute Gasteiger partial charge is 0.309 e. The van der Waals surface area contributed by atoms with E-state index in [1.165, 1.54) is 6.08 Å². The molecule has 0 radical (unpaired) electrons. The third-order valence-electron chi connectivity index (χ3n) is 4.81. The van der Waals surface area contributed by atoms with E-state index >= 15 is 0 Å². The Bertz CT molecular complexity index is 976. The topological polar surface area (TPSA) is 59.1 Å². The Morgan fingerprint density at radius 3 is 2.48 bits per heavy atom. The Balaban J connectivity index is 1.74. The maximum atomic E-state index is 13.2. The summed E-state index contributed by atoms with van der Waals surface area (Å²) in [5, 5.41) is 1.56. The van der Waals surface area contributed by atoms with Crippen molar-refractivity contribution in [1.82, 2.24) is 15.3 Å². The first-order valence-corrected chi connectivity index (χ1v) is 10.2. The van der Waals surface area contributed by atoms with E-state index in [9.17, 15) is 9.59 Å². The van der Waals surface area contributed by atoms with Gasteiger partial charge in [-0.15, -0.1) is 0 Å². The van der Waals surface area contributed by atoms with E-state index in [4.69, 9.17) is 0 Å². The number of nitrogens with zero attached hydrogens (tertiary/aromatic N) is 4. The van der Waals surface area contributed by atoms with Gasteiger partial charge in [0.05, 0.1) is 11.4 Å². The molecule has 0 aromatic heterocycles. The van der Waals surface area contributed by atoms with Crippen LogP contribution in [0.4, 0.5) is 21.9 Å². The largest absolute Gasteiger partial charge is 0.349 e. The molecule has 0 spiro atoms. The summed E-state index contributed by atoms with van der Waals surface area (Å²) in [4.78, 5) is 31.6. The highest BCUT2D eigenvalue weighted by Gasteiger charge is 2.39. The fraction of sp³-hybridized carbons (Fsp3) is 0.238. The monoisotopic (exact) mass is 455 g/mol. The van der Waals surface area contributed by atoms with Gasteiger partial charge in [-0.25, -0.2) is 14.7 Å². The van der Waals surface area contributed by atoms with E-state index < -0.39 is 0 Å². The molecule has 0 aliphatic carbocycles. The number of nitrogens with one attached hydrogen (secondary N) is 1. The van der Waals surface area contributed by atoms with Crippen LogP contribution in [0.25, 0.3) is 0 Å². The number of amides is 3. The Labute approximate surface area is 178 Å². The van der Waals surface area contributed by atoms with Gasteiger partial charge in [0.2, 0.25) is 0 Å². The minimum atomic E-state index is -0.219. The molecule has 0 bridgehead atoms.